The Labute approximate surface area is 103 Å². The summed E-state index contributed by atoms with van der Waals surface area (Å²) in [4.78, 5) is 17.2. The Bertz CT molecular complexity index is 371. The van der Waals surface area contributed by atoms with Crippen LogP contribution in [0.4, 0.5) is 0 Å². The molecule has 4 nitrogen and oxygen atoms in total. The van der Waals surface area contributed by atoms with Gasteiger partial charge in [0.1, 0.15) is 0 Å². The smallest absolute Gasteiger partial charge is 0.178 e. The molecular formula is C13H22N2O2. The lowest BCUT2D eigenvalue weighted by Crippen LogP contribution is -2.29. The Morgan fingerprint density at radius 2 is 2.18 bits per heavy atom. The monoisotopic (exact) mass is 238 g/mol. The van der Waals surface area contributed by atoms with E-state index in [-0.39, 0.29) is 5.78 Å². The Morgan fingerprint density at radius 1 is 1.47 bits per heavy atom. The molecule has 0 unspecified atom stereocenters. The van der Waals surface area contributed by atoms with Crippen LogP contribution in [0.5, 0.6) is 0 Å². The van der Waals surface area contributed by atoms with Gasteiger partial charge in [0.05, 0.1) is 13.2 Å². The maximum atomic E-state index is 12.0. The second-order valence-corrected chi connectivity index (χ2v) is 4.35. The molecule has 0 aliphatic heterocycles. The van der Waals surface area contributed by atoms with Crippen molar-refractivity contribution < 1.29 is 9.53 Å². The molecule has 0 saturated carbocycles. The van der Waals surface area contributed by atoms with Crippen LogP contribution in [-0.4, -0.2) is 49.0 Å². The highest BCUT2D eigenvalue weighted by molar-refractivity contribution is 5.98. The lowest BCUT2D eigenvalue weighted by Gasteiger charge is -2.15. The average Bonchev–Trinajstić information content (AvgIpc) is 2.58. The first-order chi connectivity index (χ1) is 8.04. The van der Waals surface area contributed by atoms with E-state index < -0.39 is 0 Å². The summed E-state index contributed by atoms with van der Waals surface area (Å²) in [5, 5.41) is 0. The molecule has 0 amide bonds. The second kappa shape index (κ2) is 6.57. The van der Waals surface area contributed by atoms with E-state index >= 15 is 0 Å². The molecule has 1 N–H and O–H groups in total. The number of carbonyl (C=O) groups excluding carboxylic acids is 1. The van der Waals surface area contributed by atoms with Crippen LogP contribution in [0, 0.1) is 13.8 Å². The van der Waals surface area contributed by atoms with Crippen LogP contribution in [0.2, 0.25) is 0 Å². The normalized spacial score (nSPS) is 11.1. The van der Waals surface area contributed by atoms with Gasteiger partial charge in [0.2, 0.25) is 0 Å². The number of carbonyl (C=O) groups is 1. The van der Waals surface area contributed by atoms with Crippen molar-refractivity contribution in [2.24, 2.45) is 0 Å². The number of aryl methyl sites for hydroxylation is 2. The third-order valence-corrected chi connectivity index (χ3v) is 2.68. The van der Waals surface area contributed by atoms with Crippen molar-refractivity contribution in [1.82, 2.24) is 9.88 Å². The number of hydrogen-bond acceptors (Lipinski definition) is 3. The van der Waals surface area contributed by atoms with Gasteiger partial charge in [-0.2, -0.15) is 0 Å². The quantitative estimate of drug-likeness (QED) is 0.582. The zero-order valence-electron chi connectivity index (χ0n) is 11.2. The summed E-state index contributed by atoms with van der Waals surface area (Å²) in [6, 6.07) is 1.91. The standard InChI is InChI=1S/C13H22N2O2/c1-5-17-7-6-15(4)9-13(16)12-8-10(2)14-11(12)3/h8,14H,5-7,9H2,1-4H3. The number of ether oxygens (including phenoxy) is 1. The highest BCUT2D eigenvalue weighted by atomic mass is 16.5. The Hall–Kier alpha value is -1.13. The molecule has 0 atom stereocenters. The summed E-state index contributed by atoms with van der Waals surface area (Å²) in [7, 11) is 1.94. The van der Waals surface area contributed by atoms with Crippen LogP contribution in [0.15, 0.2) is 6.07 Å². The van der Waals surface area contributed by atoms with Crippen LogP contribution >= 0.6 is 0 Å². The fourth-order valence-corrected chi connectivity index (χ4v) is 1.79. The summed E-state index contributed by atoms with van der Waals surface area (Å²) in [5.74, 6) is 0.158. The zero-order chi connectivity index (χ0) is 12.8. The van der Waals surface area contributed by atoms with Crippen molar-refractivity contribution in [1.29, 1.82) is 0 Å². The van der Waals surface area contributed by atoms with Gasteiger partial charge in [-0.15, -0.1) is 0 Å². The van der Waals surface area contributed by atoms with Crippen LogP contribution in [0.3, 0.4) is 0 Å². The summed E-state index contributed by atoms with van der Waals surface area (Å²) >= 11 is 0. The summed E-state index contributed by atoms with van der Waals surface area (Å²) in [6.07, 6.45) is 0. The molecule has 0 aromatic carbocycles. The zero-order valence-corrected chi connectivity index (χ0v) is 11.2. The van der Waals surface area contributed by atoms with Crippen LogP contribution in [0.25, 0.3) is 0 Å². The summed E-state index contributed by atoms with van der Waals surface area (Å²) in [6.45, 7) is 8.47. The number of Topliss-reactive ketones (excluding diaryl/α,β-unsaturated/α-hetero) is 1. The van der Waals surface area contributed by atoms with Crippen LogP contribution < -0.4 is 0 Å². The van der Waals surface area contributed by atoms with E-state index in [0.29, 0.717) is 13.2 Å². The number of nitrogens with zero attached hydrogens (tertiary/aromatic N) is 1. The average molecular weight is 238 g/mol. The number of hydrogen-bond donors (Lipinski definition) is 1. The molecule has 17 heavy (non-hydrogen) atoms. The lowest BCUT2D eigenvalue weighted by atomic mass is 10.1. The maximum absolute atomic E-state index is 12.0. The van der Waals surface area contributed by atoms with E-state index in [0.717, 1.165) is 30.1 Å². The van der Waals surface area contributed by atoms with E-state index in [1.165, 1.54) is 0 Å². The molecule has 0 fully saturated rings. The third kappa shape index (κ3) is 4.32. The molecule has 1 rings (SSSR count). The maximum Gasteiger partial charge on any atom is 0.178 e. The van der Waals surface area contributed by atoms with Gasteiger partial charge in [0.15, 0.2) is 5.78 Å². The first kappa shape index (κ1) is 13.9. The minimum atomic E-state index is 0.158. The molecule has 1 aromatic heterocycles. The van der Waals surface area contributed by atoms with Gasteiger partial charge in [-0.1, -0.05) is 0 Å². The Morgan fingerprint density at radius 3 is 2.71 bits per heavy atom. The first-order valence-electron chi connectivity index (χ1n) is 6.00. The number of aromatic amines is 1. The molecule has 0 aliphatic rings. The van der Waals surface area contributed by atoms with E-state index in [2.05, 4.69) is 4.98 Å². The number of rotatable bonds is 7. The van der Waals surface area contributed by atoms with E-state index in [4.69, 9.17) is 4.74 Å². The predicted molar refractivity (Wildman–Crippen MR) is 68.6 cm³/mol. The van der Waals surface area contributed by atoms with Crippen molar-refractivity contribution in [3.63, 3.8) is 0 Å². The second-order valence-electron chi connectivity index (χ2n) is 4.35. The van der Waals surface area contributed by atoms with E-state index in [1.807, 2.05) is 38.8 Å². The number of ketones is 1. The largest absolute Gasteiger partial charge is 0.380 e. The number of H-pyrrole nitrogens is 1. The molecule has 0 radical (unpaired) electrons. The number of nitrogens with one attached hydrogen (secondary N) is 1. The van der Waals surface area contributed by atoms with Gasteiger partial charge >= 0.3 is 0 Å². The lowest BCUT2D eigenvalue weighted by molar-refractivity contribution is 0.0896. The molecule has 0 saturated heterocycles. The number of aromatic nitrogens is 1. The van der Waals surface area contributed by atoms with Crippen molar-refractivity contribution in [3.05, 3.63) is 23.0 Å². The van der Waals surface area contributed by atoms with Crippen molar-refractivity contribution in [3.8, 4) is 0 Å². The van der Waals surface area contributed by atoms with Crippen LogP contribution in [-0.2, 0) is 4.74 Å². The van der Waals surface area contributed by atoms with Gasteiger partial charge in [0.25, 0.3) is 0 Å². The Kier molecular flexibility index (Phi) is 5.38. The topological polar surface area (TPSA) is 45.3 Å². The van der Waals surface area contributed by atoms with Crippen molar-refractivity contribution in [2.75, 3.05) is 33.4 Å². The van der Waals surface area contributed by atoms with Crippen molar-refractivity contribution in [2.45, 2.75) is 20.8 Å². The fraction of sp³-hybridized carbons (Fsp3) is 0.615. The fourth-order valence-electron chi connectivity index (χ4n) is 1.79. The minimum Gasteiger partial charge on any atom is -0.380 e. The molecular weight excluding hydrogens is 216 g/mol. The van der Waals surface area contributed by atoms with Gasteiger partial charge in [-0.05, 0) is 33.9 Å². The molecule has 0 aliphatic carbocycles. The SMILES string of the molecule is CCOCCN(C)CC(=O)c1cc(C)[nH]c1C. The predicted octanol–water partition coefficient (Wildman–Crippen LogP) is 1.78. The van der Waals surface area contributed by atoms with Gasteiger partial charge in [-0.3, -0.25) is 9.69 Å². The number of likely N-dealkylation sites (N-methyl/N-ethyl adjacent to an activating group) is 1. The summed E-state index contributed by atoms with van der Waals surface area (Å²) < 4.78 is 5.26. The van der Waals surface area contributed by atoms with Crippen molar-refractivity contribution >= 4 is 5.78 Å². The van der Waals surface area contributed by atoms with Crippen LogP contribution in [0.1, 0.15) is 28.7 Å². The molecule has 96 valence electrons. The molecule has 1 heterocycles. The van der Waals surface area contributed by atoms with Gasteiger partial charge in [0, 0.05) is 30.1 Å². The molecule has 1 aromatic rings. The molecule has 0 spiro atoms. The third-order valence-electron chi connectivity index (χ3n) is 2.68. The highest BCUT2D eigenvalue weighted by Gasteiger charge is 2.13. The Balaban J connectivity index is 2.46. The highest BCUT2D eigenvalue weighted by Crippen LogP contribution is 2.10. The van der Waals surface area contributed by atoms with E-state index in [9.17, 15) is 4.79 Å². The molecule has 0 bridgehead atoms. The summed E-state index contributed by atoms with van der Waals surface area (Å²) in [5.41, 5.74) is 2.78. The first-order valence-corrected chi connectivity index (χ1v) is 6.00. The van der Waals surface area contributed by atoms with Gasteiger partial charge in [-0.25, -0.2) is 0 Å². The van der Waals surface area contributed by atoms with Gasteiger partial charge < -0.3 is 9.72 Å². The molecule has 4 heteroatoms. The van der Waals surface area contributed by atoms with E-state index in [1.54, 1.807) is 0 Å². The minimum absolute atomic E-state index is 0.158.